The molecule has 0 fully saturated rings. The van der Waals surface area contributed by atoms with E-state index in [1.54, 1.807) is 24.7 Å². The number of nitrogens with zero attached hydrogens (tertiary/aromatic N) is 2. The summed E-state index contributed by atoms with van der Waals surface area (Å²) in [6.45, 7) is 1.35. The molecule has 0 saturated carbocycles. The number of aryl methyl sites for hydroxylation is 1. The minimum atomic E-state index is -0.214. The number of halogens is 1. The van der Waals surface area contributed by atoms with Gasteiger partial charge in [0.05, 0.1) is 33.2 Å². The normalized spacial score (nSPS) is 9.79. The smallest absolute Gasteiger partial charge is 0.255 e. The molecule has 0 atom stereocenters. The Morgan fingerprint density at radius 3 is 2.38 bits per heavy atom. The van der Waals surface area contributed by atoms with E-state index < -0.39 is 0 Å². The molecule has 1 amide bonds. The molecule has 0 unspecified atom stereocenters. The molecule has 0 radical (unpaired) electrons. The maximum Gasteiger partial charge on any atom is 0.255 e. The molecule has 1 aromatic heterocycles. The minimum Gasteiger partial charge on any atom is -1.00 e. The summed E-state index contributed by atoms with van der Waals surface area (Å²) in [6, 6.07) is 3.25. The van der Waals surface area contributed by atoms with Crippen molar-refractivity contribution < 1.29 is 31.4 Å². The molecule has 24 heavy (non-hydrogen) atoms. The van der Waals surface area contributed by atoms with Crippen molar-refractivity contribution in [1.82, 2.24) is 14.9 Å². The third-order valence-electron chi connectivity index (χ3n) is 3.39. The molecule has 7 nitrogen and oxygen atoms in total. The van der Waals surface area contributed by atoms with Gasteiger partial charge in [-0.3, -0.25) is 4.79 Å². The van der Waals surface area contributed by atoms with Gasteiger partial charge in [0.1, 0.15) is 5.75 Å². The van der Waals surface area contributed by atoms with Gasteiger partial charge in [-0.1, -0.05) is 0 Å². The van der Waals surface area contributed by atoms with Gasteiger partial charge in [0.2, 0.25) is 0 Å². The van der Waals surface area contributed by atoms with E-state index in [1.165, 1.54) is 21.3 Å². The van der Waals surface area contributed by atoms with Crippen LogP contribution in [0.15, 0.2) is 30.9 Å². The number of carbonyl (C=O) groups is 1. The van der Waals surface area contributed by atoms with Crippen molar-refractivity contribution in [3.05, 3.63) is 36.4 Å². The average Bonchev–Trinajstić information content (AvgIpc) is 3.10. The zero-order valence-corrected chi connectivity index (χ0v) is 14.7. The van der Waals surface area contributed by atoms with Crippen molar-refractivity contribution in [3.63, 3.8) is 0 Å². The van der Waals surface area contributed by atoms with Crippen LogP contribution in [0.5, 0.6) is 17.2 Å². The molecular weight excluding hydrogens is 334 g/mol. The summed E-state index contributed by atoms with van der Waals surface area (Å²) in [7, 11) is 4.57. The third-order valence-corrected chi connectivity index (χ3v) is 3.39. The molecule has 1 aromatic carbocycles. The largest absolute Gasteiger partial charge is 1.00 e. The highest BCUT2D eigenvalue weighted by Crippen LogP contribution is 2.34. The summed E-state index contributed by atoms with van der Waals surface area (Å²) >= 11 is 0. The van der Waals surface area contributed by atoms with Crippen LogP contribution in [-0.4, -0.2) is 43.3 Å². The molecular formula is C16H21ClN3O4-. The summed E-state index contributed by atoms with van der Waals surface area (Å²) in [5, 5.41) is 2.88. The fraction of sp³-hybridized carbons (Fsp3) is 0.375. The number of hydrogen-bond donors (Lipinski definition) is 1. The van der Waals surface area contributed by atoms with E-state index in [9.17, 15) is 4.79 Å². The Morgan fingerprint density at radius 2 is 1.79 bits per heavy atom. The maximum atomic E-state index is 12.3. The molecule has 0 aliphatic heterocycles. The molecule has 0 bridgehead atoms. The number of imidazole rings is 1. The number of rotatable bonds is 8. The second kappa shape index (κ2) is 9.67. The quantitative estimate of drug-likeness (QED) is 0.599. The van der Waals surface area contributed by atoms with Crippen LogP contribution in [-0.2, 0) is 6.54 Å². The molecule has 1 N–H and O–H groups in total. The second-order valence-corrected chi connectivity index (χ2v) is 4.82. The Bertz CT molecular complexity index is 647. The first kappa shape index (κ1) is 19.6. The number of aromatic nitrogens is 2. The van der Waals surface area contributed by atoms with E-state index in [0.717, 1.165) is 13.0 Å². The van der Waals surface area contributed by atoms with E-state index in [0.29, 0.717) is 29.4 Å². The first-order valence-electron chi connectivity index (χ1n) is 7.23. The van der Waals surface area contributed by atoms with Gasteiger partial charge in [-0.15, -0.1) is 0 Å². The summed E-state index contributed by atoms with van der Waals surface area (Å²) in [6.07, 6.45) is 6.17. The average molecular weight is 355 g/mol. The number of amides is 1. The molecule has 1 heterocycles. The topological polar surface area (TPSA) is 74.6 Å². The molecule has 0 aliphatic carbocycles. The van der Waals surface area contributed by atoms with E-state index in [-0.39, 0.29) is 18.3 Å². The monoisotopic (exact) mass is 354 g/mol. The number of ether oxygens (including phenoxy) is 3. The van der Waals surface area contributed by atoms with Gasteiger partial charge < -0.3 is 36.5 Å². The summed E-state index contributed by atoms with van der Waals surface area (Å²) in [5.41, 5.74) is 0.410. The van der Waals surface area contributed by atoms with Crippen molar-refractivity contribution in [2.75, 3.05) is 27.9 Å². The van der Waals surface area contributed by atoms with Crippen molar-refractivity contribution in [3.8, 4) is 17.2 Å². The predicted octanol–water partition coefficient (Wildman–Crippen LogP) is -1.27. The van der Waals surface area contributed by atoms with Crippen molar-refractivity contribution in [2.45, 2.75) is 13.0 Å². The molecule has 0 saturated heterocycles. The molecule has 0 aliphatic rings. The Hall–Kier alpha value is -2.41. The van der Waals surface area contributed by atoms with Crippen LogP contribution in [0.1, 0.15) is 16.8 Å². The van der Waals surface area contributed by atoms with Crippen molar-refractivity contribution in [2.24, 2.45) is 0 Å². The fourth-order valence-electron chi connectivity index (χ4n) is 2.18. The van der Waals surface area contributed by atoms with Gasteiger partial charge in [-0.25, -0.2) is 4.98 Å². The molecule has 2 aromatic rings. The summed E-state index contributed by atoms with van der Waals surface area (Å²) < 4.78 is 17.7. The van der Waals surface area contributed by atoms with E-state index >= 15 is 0 Å². The zero-order chi connectivity index (χ0) is 16.7. The van der Waals surface area contributed by atoms with Crippen molar-refractivity contribution in [1.29, 1.82) is 0 Å². The number of benzene rings is 1. The second-order valence-electron chi connectivity index (χ2n) is 4.82. The van der Waals surface area contributed by atoms with Gasteiger partial charge >= 0.3 is 0 Å². The van der Waals surface area contributed by atoms with Crippen LogP contribution < -0.4 is 31.9 Å². The standard InChI is InChI=1S/C16H21N3O4.ClH/c1-21-13-10-15(23-3)14(22-2)9-12(13)16(20)18-5-4-7-19-8-6-17-11-19;/h6,8-11H,4-5,7H2,1-3H3,(H,18,20);1H/p-1. The minimum absolute atomic E-state index is 0. The van der Waals surface area contributed by atoms with Crippen LogP contribution in [0.4, 0.5) is 0 Å². The fourth-order valence-corrected chi connectivity index (χ4v) is 2.18. The summed E-state index contributed by atoms with van der Waals surface area (Å²) in [5.74, 6) is 1.22. The number of carbonyl (C=O) groups excluding carboxylic acids is 1. The van der Waals surface area contributed by atoms with Gasteiger partial charge in [-0.2, -0.15) is 0 Å². The zero-order valence-electron chi connectivity index (χ0n) is 13.9. The van der Waals surface area contributed by atoms with Crippen LogP contribution in [0.25, 0.3) is 0 Å². The number of hydrogen-bond acceptors (Lipinski definition) is 5. The van der Waals surface area contributed by atoms with E-state index in [4.69, 9.17) is 14.2 Å². The van der Waals surface area contributed by atoms with E-state index in [1.807, 2.05) is 10.8 Å². The SMILES string of the molecule is COc1cc(OC)c(C(=O)NCCCn2ccnc2)cc1OC.[Cl-]. The molecule has 0 spiro atoms. The van der Waals surface area contributed by atoms with Crippen LogP contribution >= 0.6 is 0 Å². The van der Waals surface area contributed by atoms with Gasteiger partial charge in [0.15, 0.2) is 11.5 Å². The lowest BCUT2D eigenvalue weighted by atomic mass is 10.1. The Kier molecular flexibility index (Phi) is 7.91. The highest BCUT2D eigenvalue weighted by molar-refractivity contribution is 5.97. The Balaban J connectivity index is 0.00000288. The lowest BCUT2D eigenvalue weighted by molar-refractivity contribution is -0.0000142. The third kappa shape index (κ3) is 4.79. The highest BCUT2D eigenvalue weighted by Gasteiger charge is 2.17. The first-order valence-corrected chi connectivity index (χ1v) is 7.23. The van der Waals surface area contributed by atoms with Crippen molar-refractivity contribution >= 4 is 5.91 Å². The van der Waals surface area contributed by atoms with Gasteiger partial charge in [0, 0.05) is 37.6 Å². The lowest BCUT2D eigenvalue weighted by Gasteiger charge is -2.14. The highest BCUT2D eigenvalue weighted by atomic mass is 35.5. The Labute approximate surface area is 147 Å². The molecule has 132 valence electrons. The molecule has 2 rings (SSSR count). The van der Waals surface area contributed by atoms with Crippen LogP contribution in [0.3, 0.4) is 0 Å². The Morgan fingerprint density at radius 1 is 1.12 bits per heavy atom. The molecule has 8 heteroatoms. The first-order chi connectivity index (χ1) is 11.2. The van der Waals surface area contributed by atoms with E-state index in [2.05, 4.69) is 10.3 Å². The van der Waals surface area contributed by atoms with Gasteiger partial charge in [0.25, 0.3) is 5.91 Å². The van der Waals surface area contributed by atoms with Crippen LogP contribution in [0.2, 0.25) is 0 Å². The lowest BCUT2D eigenvalue weighted by Crippen LogP contribution is -3.00. The number of nitrogens with one attached hydrogen (secondary N) is 1. The number of methoxy groups -OCH3 is 3. The van der Waals surface area contributed by atoms with Gasteiger partial charge in [-0.05, 0) is 6.42 Å². The van der Waals surface area contributed by atoms with Crippen LogP contribution in [0, 0.1) is 0 Å². The maximum absolute atomic E-state index is 12.3. The summed E-state index contributed by atoms with van der Waals surface area (Å²) in [4.78, 5) is 16.3. The predicted molar refractivity (Wildman–Crippen MR) is 85.3 cm³/mol.